The summed E-state index contributed by atoms with van der Waals surface area (Å²) in [4.78, 5) is 38.9. The van der Waals surface area contributed by atoms with Crippen molar-refractivity contribution in [1.29, 1.82) is 0 Å². The largest absolute Gasteiger partial charge is 0.332 e. The van der Waals surface area contributed by atoms with Gasteiger partial charge in [-0.05, 0) is 43.3 Å². The van der Waals surface area contributed by atoms with E-state index in [4.69, 9.17) is 0 Å². The lowest BCUT2D eigenvalue weighted by molar-refractivity contribution is -0.130. The van der Waals surface area contributed by atoms with E-state index in [0.29, 0.717) is 5.69 Å². The van der Waals surface area contributed by atoms with Crippen LogP contribution in [0.4, 0.5) is 29.3 Å². The fraction of sp³-hybridized carbons (Fsp3) is 0.167. The number of carbonyl (C=O) groups is 3. The number of nitrogens with one attached hydrogen (secondary N) is 1. The summed E-state index contributed by atoms with van der Waals surface area (Å²) in [5.41, 5.74) is 0.298. The van der Waals surface area contributed by atoms with Crippen LogP contribution >= 0.6 is 0 Å². The molecule has 2 aromatic rings. The Kier molecular flexibility index (Phi) is 4.85. The molecule has 1 aliphatic heterocycles. The van der Waals surface area contributed by atoms with Crippen LogP contribution in [-0.2, 0) is 9.59 Å². The van der Waals surface area contributed by atoms with Crippen LogP contribution in [0.3, 0.4) is 0 Å². The Balaban J connectivity index is 1.73. The van der Waals surface area contributed by atoms with Crippen molar-refractivity contribution in [3.8, 4) is 0 Å². The maximum absolute atomic E-state index is 13.2. The average molecular weight is 377 g/mol. The van der Waals surface area contributed by atoms with Gasteiger partial charge in [-0.2, -0.15) is 0 Å². The molecule has 1 aliphatic rings. The molecule has 0 radical (unpaired) electrons. The third kappa shape index (κ3) is 3.62. The number of halogens is 3. The zero-order valence-corrected chi connectivity index (χ0v) is 14.1. The Hall–Kier alpha value is -3.36. The van der Waals surface area contributed by atoms with Gasteiger partial charge >= 0.3 is 6.03 Å². The Labute approximate surface area is 152 Å². The van der Waals surface area contributed by atoms with Gasteiger partial charge in [0, 0.05) is 17.4 Å². The number of anilines is 2. The molecule has 2 aromatic carbocycles. The summed E-state index contributed by atoms with van der Waals surface area (Å²) in [6, 6.07) is 6.17. The lowest BCUT2D eigenvalue weighted by atomic mass is 10.2. The van der Waals surface area contributed by atoms with Crippen molar-refractivity contribution in [2.75, 3.05) is 16.8 Å². The van der Waals surface area contributed by atoms with Crippen LogP contribution in [0.2, 0.25) is 0 Å². The van der Waals surface area contributed by atoms with Crippen molar-refractivity contribution in [2.45, 2.75) is 13.0 Å². The van der Waals surface area contributed by atoms with Gasteiger partial charge in [0.2, 0.25) is 5.91 Å². The Morgan fingerprint density at radius 3 is 2.33 bits per heavy atom. The number of carbonyl (C=O) groups excluding carboxylic acids is 3. The summed E-state index contributed by atoms with van der Waals surface area (Å²) >= 11 is 0. The lowest BCUT2D eigenvalue weighted by Crippen LogP contribution is -2.39. The van der Waals surface area contributed by atoms with Crippen LogP contribution in [0, 0.1) is 17.5 Å². The van der Waals surface area contributed by atoms with Crippen molar-refractivity contribution < 1.29 is 27.6 Å². The van der Waals surface area contributed by atoms with Crippen LogP contribution < -0.4 is 10.2 Å². The maximum atomic E-state index is 13.2. The third-order valence-corrected chi connectivity index (χ3v) is 4.06. The standard InChI is InChI=1S/C18H14F3N3O3/c1-10-17(26)23(18(27)24(10)13-5-2-11(19)3-6-13)9-16(25)22-12-4-7-14(20)15(21)8-12/h2-8,10H,9H2,1H3,(H,22,25). The molecule has 0 aliphatic carbocycles. The fourth-order valence-electron chi connectivity index (χ4n) is 2.73. The predicted octanol–water partition coefficient (Wildman–Crippen LogP) is 2.90. The molecule has 6 nitrogen and oxygen atoms in total. The number of amides is 4. The van der Waals surface area contributed by atoms with Gasteiger partial charge < -0.3 is 5.32 Å². The zero-order chi connectivity index (χ0) is 19.7. The van der Waals surface area contributed by atoms with Gasteiger partial charge in [0.25, 0.3) is 5.91 Å². The highest BCUT2D eigenvalue weighted by molar-refractivity contribution is 6.16. The quantitative estimate of drug-likeness (QED) is 0.833. The number of rotatable bonds is 4. The zero-order valence-electron chi connectivity index (χ0n) is 14.1. The molecule has 0 bridgehead atoms. The summed E-state index contributed by atoms with van der Waals surface area (Å²) in [5, 5.41) is 2.30. The Morgan fingerprint density at radius 1 is 1.04 bits per heavy atom. The van der Waals surface area contributed by atoms with Crippen LogP contribution in [0.15, 0.2) is 42.5 Å². The van der Waals surface area contributed by atoms with Crippen LogP contribution in [0.1, 0.15) is 6.92 Å². The highest BCUT2D eigenvalue weighted by Crippen LogP contribution is 2.26. The second-order valence-corrected chi connectivity index (χ2v) is 5.91. The lowest BCUT2D eigenvalue weighted by Gasteiger charge is -2.19. The number of benzene rings is 2. The van der Waals surface area contributed by atoms with Gasteiger partial charge in [-0.15, -0.1) is 0 Å². The summed E-state index contributed by atoms with van der Waals surface area (Å²) in [6.45, 7) is 0.884. The van der Waals surface area contributed by atoms with Crippen LogP contribution in [0.25, 0.3) is 0 Å². The fourth-order valence-corrected chi connectivity index (χ4v) is 2.73. The topological polar surface area (TPSA) is 69.7 Å². The number of hydrogen-bond donors (Lipinski definition) is 1. The summed E-state index contributed by atoms with van der Waals surface area (Å²) in [6.07, 6.45) is 0. The molecule has 1 saturated heterocycles. The van der Waals surface area contributed by atoms with Gasteiger partial charge in [-0.3, -0.25) is 19.4 Å². The van der Waals surface area contributed by atoms with E-state index in [-0.39, 0.29) is 5.69 Å². The second-order valence-electron chi connectivity index (χ2n) is 5.91. The molecule has 1 N–H and O–H groups in total. The molecule has 1 fully saturated rings. The molecule has 1 unspecified atom stereocenters. The molecule has 0 saturated carbocycles. The van der Waals surface area contributed by atoms with Crippen molar-refractivity contribution in [1.82, 2.24) is 4.90 Å². The molecule has 1 heterocycles. The highest BCUT2D eigenvalue weighted by Gasteiger charge is 2.44. The third-order valence-electron chi connectivity index (χ3n) is 4.06. The maximum Gasteiger partial charge on any atom is 0.332 e. The van der Waals surface area contributed by atoms with E-state index in [1.54, 1.807) is 0 Å². The smallest absolute Gasteiger partial charge is 0.324 e. The first-order valence-corrected chi connectivity index (χ1v) is 7.93. The average Bonchev–Trinajstić information content (AvgIpc) is 2.83. The minimum atomic E-state index is -1.14. The van der Waals surface area contributed by atoms with E-state index < -0.39 is 47.9 Å². The number of urea groups is 1. The molecule has 0 aromatic heterocycles. The molecule has 9 heteroatoms. The van der Waals surface area contributed by atoms with E-state index in [9.17, 15) is 27.6 Å². The summed E-state index contributed by atoms with van der Waals surface area (Å²) in [7, 11) is 0. The number of hydrogen-bond acceptors (Lipinski definition) is 3. The predicted molar refractivity (Wildman–Crippen MR) is 90.4 cm³/mol. The van der Waals surface area contributed by atoms with Gasteiger partial charge in [0.05, 0.1) is 0 Å². The SMILES string of the molecule is CC1C(=O)N(CC(=O)Nc2ccc(F)c(F)c2)C(=O)N1c1ccc(F)cc1. The van der Waals surface area contributed by atoms with Crippen molar-refractivity contribution in [3.63, 3.8) is 0 Å². The highest BCUT2D eigenvalue weighted by atomic mass is 19.2. The van der Waals surface area contributed by atoms with Crippen molar-refractivity contribution in [3.05, 3.63) is 59.9 Å². The van der Waals surface area contributed by atoms with E-state index in [1.165, 1.54) is 19.1 Å². The molecule has 27 heavy (non-hydrogen) atoms. The van der Waals surface area contributed by atoms with Gasteiger partial charge in [-0.1, -0.05) is 0 Å². The number of nitrogens with zero attached hydrogens (tertiary/aromatic N) is 2. The molecule has 3 rings (SSSR count). The molecular formula is C18H14F3N3O3. The van der Waals surface area contributed by atoms with Gasteiger partial charge in [0.15, 0.2) is 11.6 Å². The second kappa shape index (κ2) is 7.10. The van der Waals surface area contributed by atoms with E-state index in [1.807, 2.05) is 0 Å². The molecule has 1 atom stereocenters. The van der Waals surface area contributed by atoms with E-state index >= 15 is 0 Å². The van der Waals surface area contributed by atoms with E-state index in [2.05, 4.69) is 5.32 Å². The van der Waals surface area contributed by atoms with Crippen molar-refractivity contribution in [2.24, 2.45) is 0 Å². The molecule has 0 spiro atoms. The summed E-state index contributed by atoms with van der Waals surface area (Å²) < 4.78 is 39.2. The molecule has 4 amide bonds. The van der Waals surface area contributed by atoms with Crippen molar-refractivity contribution >= 4 is 29.2 Å². The van der Waals surface area contributed by atoms with Gasteiger partial charge in [-0.25, -0.2) is 18.0 Å². The van der Waals surface area contributed by atoms with Gasteiger partial charge in [0.1, 0.15) is 18.4 Å². The first-order valence-electron chi connectivity index (χ1n) is 7.93. The monoisotopic (exact) mass is 377 g/mol. The number of imide groups is 1. The minimum absolute atomic E-state index is 0.0126. The Morgan fingerprint density at radius 2 is 1.70 bits per heavy atom. The molecular weight excluding hydrogens is 363 g/mol. The normalized spacial score (nSPS) is 16.8. The first kappa shape index (κ1) is 18.4. The molecule has 140 valence electrons. The van der Waals surface area contributed by atoms with Crippen LogP contribution in [-0.4, -0.2) is 35.3 Å². The van der Waals surface area contributed by atoms with E-state index in [0.717, 1.165) is 40.1 Å². The summed E-state index contributed by atoms with van der Waals surface area (Å²) in [5.74, 6) is -4.06. The minimum Gasteiger partial charge on any atom is -0.324 e. The first-order chi connectivity index (χ1) is 12.8. The van der Waals surface area contributed by atoms with Crippen LogP contribution in [0.5, 0.6) is 0 Å². The Bertz CT molecular complexity index is 918.